The van der Waals surface area contributed by atoms with Crippen LogP contribution in [0.5, 0.6) is 0 Å². The fraction of sp³-hybridized carbons (Fsp3) is 0.320. The van der Waals surface area contributed by atoms with Gasteiger partial charge in [0.05, 0.1) is 12.5 Å². The predicted octanol–water partition coefficient (Wildman–Crippen LogP) is -0.167. The Kier molecular flexibility index (Phi) is 10.6. The average molecular weight is 499 g/mol. The van der Waals surface area contributed by atoms with E-state index >= 15 is 0 Å². The van der Waals surface area contributed by atoms with Gasteiger partial charge < -0.3 is 31.9 Å². The molecule has 11 heteroatoms. The molecule has 11 nitrogen and oxygen atoms in total. The van der Waals surface area contributed by atoms with Gasteiger partial charge in [0, 0.05) is 6.42 Å². The highest BCUT2D eigenvalue weighted by molar-refractivity contribution is 5.95. The van der Waals surface area contributed by atoms with Crippen molar-refractivity contribution in [3.63, 3.8) is 0 Å². The third-order valence-corrected chi connectivity index (χ3v) is 5.29. The first-order valence-electron chi connectivity index (χ1n) is 11.3. The predicted molar refractivity (Wildman–Crippen MR) is 130 cm³/mol. The van der Waals surface area contributed by atoms with Crippen LogP contribution in [0.4, 0.5) is 0 Å². The molecule has 0 spiro atoms. The molecule has 3 amide bonds. The number of hydrogen-bond donors (Lipinski definition) is 6. The number of carbonyl (C=O) groups is 5. The van der Waals surface area contributed by atoms with Gasteiger partial charge in [0.2, 0.25) is 17.7 Å². The number of nitrogens with two attached hydrogens (primary N) is 1. The van der Waals surface area contributed by atoms with Crippen molar-refractivity contribution in [1.82, 2.24) is 16.0 Å². The standard InChI is InChI=1S/C25H30N4O7/c1-15(25(35)36)27-23(33)20(14-21(30)31)29-24(34)19(13-17-10-6-3-7-11-17)28-22(32)18(26)12-16-8-4-2-5-9-16/h2-11,15,18-20H,12-14,26H2,1H3,(H,27,33)(H,28,32)(H,29,34)(H,30,31)(H,35,36). The van der Waals surface area contributed by atoms with E-state index in [0.29, 0.717) is 5.56 Å². The van der Waals surface area contributed by atoms with Crippen LogP contribution in [-0.4, -0.2) is 64.0 Å². The van der Waals surface area contributed by atoms with E-state index in [1.54, 1.807) is 30.3 Å². The van der Waals surface area contributed by atoms with Gasteiger partial charge in [0.15, 0.2) is 0 Å². The van der Waals surface area contributed by atoms with Crippen molar-refractivity contribution in [2.45, 2.75) is 50.4 Å². The van der Waals surface area contributed by atoms with Crippen molar-refractivity contribution < 1.29 is 34.2 Å². The van der Waals surface area contributed by atoms with E-state index in [-0.39, 0.29) is 12.8 Å². The number of carboxylic acid groups (broad SMARTS) is 2. The van der Waals surface area contributed by atoms with Gasteiger partial charge in [-0.2, -0.15) is 0 Å². The maximum absolute atomic E-state index is 13.1. The molecule has 0 saturated heterocycles. The summed E-state index contributed by atoms with van der Waals surface area (Å²) in [6.07, 6.45) is -0.518. The Morgan fingerprint density at radius 3 is 1.69 bits per heavy atom. The van der Waals surface area contributed by atoms with E-state index in [9.17, 15) is 29.1 Å². The number of amides is 3. The molecule has 2 aromatic carbocycles. The number of nitrogens with one attached hydrogen (secondary N) is 3. The Morgan fingerprint density at radius 1 is 0.722 bits per heavy atom. The number of benzene rings is 2. The number of carbonyl (C=O) groups excluding carboxylic acids is 3. The summed E-state index contributed by atoms with van der Waals surface area (Å²) in [5, 5.41) is 25.3. The van der Waals surface area contributed by atoms with E-state index in [4.69, 9.17) is 10.8 Å². The number of aliphatic carboxylic acids is 2. The summed E-state index contributed by atoms with van der Waals surface area (Å²) in [5.74, 6) is -5.11. The topological polar surface area (TPSA) is 188 Å². The lowest BCUT2D eigenvalue weighted by Gasteiger charge is -2.24. The lowest BCUT2D eigenvalue weighted by molar-refractivity contribution is -0.143. The fourth-order valence-corrected chi connectivity index (χ4v) is 3.33. The zero-order valence-electron chi connectivity index (χ0n) is 19.7. The second-order valence-corrected chi connectivity index (χ2v) is 8.27. The van der Waals surface area contributed by atoms with Gasteiger partial charge >= 0.3 is 11.9 Å². The Hall–Kier alpha value is -4.25. The normalized spacial score (nSPS) is 13.9. The first kappa shape index (κ1) is 28.0. The molecule has 0 aliphatic carbocycles. The quantitative estimate of drug-likeness (QED) is 0.219. The Bertz CT molecular complexity index is 1060. The van der Waals surface area contributed by atoms with Crippen LogP contribution in [-0.2, 0) is 36.8 Å². The monoisotopic (exact) mass is 498 g/mol. The summed E-state index contributed by atoms with van der Waals surface area (Å²) in [7, 11) is 0. The number of hydrogen-bond acceptors (Lipinski definition) is 6. The van der Waals surface area contributed by atoms with Crippen molar-refractivity contribution >= 4 is 29.7 Å². The molecule has 0 radical (unpaired) electrons. The van der Waals surface area contributed by atoms with Crippen molar-refractivity contribution in [2.24, 2.45) is 5.73 Å². The van der Waals surface area contributed by atoms with Crippen LogP contribution in [0, 0.1) is 0 Å². The van der Waals surface area contributed by atoms with E-state index in [1.165, 1.54) is 6.92 Å². The van der Waals surface area contributed by atoms with Crippen LogP contribution in [0.2, 0.25) is 0 Å². The average Bonchev–Trinajstić information content (AvgIpc) is 2.83. The first-order valence-corrected chi connectivity index (χ1v) is 11.3. The highest BCUT2D eigenvalue weighted by Crippen LogP contribution is 2.07. The minimum Gasteiger partial charge on any atom is -0.481 e. The zero-order chi connectivity index (χ0) is 26.7. The molecule has 0 aliphatic heterocycles. The molecule has 2 aromatic rings. The third kappa shape index (κ3) is 9.18. The maximum atomic E-state index is 13.1. The minimum atomic E-state index is -1.56. The summed E-state index contributed by atoms with van der Waals surface area (Å²) in [4.78, 5) is 60.8. The van der Waals surface area contributed by atoms with Crippen LogP contribution in [0.25, 0.3) is 0 Å². The second-order valence-electron chi connectivity index (χ2n) is 8.27. The van der Waals surface area contributed by atoms with Crippen LogP contribution >= 0.6 is 0 Å². The molecule has 0 fully saturated rings. The van der Waals surface area contributed by atoms with Crippen molar-refractivity contribution in [1.29, 1.82) is 0 Å². The molecule has 0 aliphatic rings. The fourth-order valence-electron chi connectivity index (χ4n) is 3.33. The summed E-state index contributed by atoms with van der Waals surface area (Å²) >= 11 is 0. The summed E-state index contributed by atoms with van der Waals surface area (Å²) in [6, 6.07) is 12.8. The molecule has 4 unspecified atom stereocenters. The molecule has 0 heterocycles. The molecule has 0 bridgehead atoms. The third-order valence-electron chi connectivity index (χ3n) is 5.29. The van der Waals surface area contributed by atoms with Gasteiger partial charge in [-0.15, -0.1) is 0 Å². The Morgan fingerprint density at radius 2 is 1.19 bits per heavy atom. The molecule has 4 atom stereocenters. The van der Waals surface area contributed by atoms with Gasteiger partial charge in [0.25, 0.3) is 0 Å². The van der Waals surface area contributed by atoms with Crippen molar-refractivity contribution in [2.75, 3.05) is 0 Å². The van der Waals surface area contributed by atoms with Gasteiger partial charge in [-0.1, -0.05) is 60.7 Å². The second kappa shape index (κ2) is 13.6. The van der Waals surface area contributed by atoms with Crippen LogP contribution in [0.15, 0.2) is 60.7 Å². The smallest absolute Gasteiger partial charge is 0.325 e. The largest absolute Gasteiger partial charge is 0.481 e. The lowest BCUT2D eigenvalue weighted by Crippen LogP contribution is -2.58. The molecular formula is C25H30N4O7. The van der Waals surface area contributed by atoms with Gasteiger partial charge in [-0.3, -0.25) is 24.0 Å². The van der Waals surface area contributed by atoms with E-state index in [2.05, 4.69) is 16.0 Å². The minimum absolute atomic E-state index is 0.0450. The van der Waals surface area contributed by atoms with Crippen molar-refractivity contribution in [3.8, 4) is 0 Å². The van der Waals surface area contributed by atoms with Gasteiger partial charge in [-0.05, 0) is 24.5 Å². The van der Waals surface area contributed by atoms with Crippen LogP contribution < -0.4 is 21.7 Å². The number of rotatable bonds is 13. The molecule has 0 saturated carbocycles. The zero-order valence-corrected chi connectivity index (χ0v) is 19.7. The van der Waals surface area contributed by atoms with Crippen LogP contribution in [0.3, 0.4) is 0 Å². The van der Waals surface area contributed by atoms with Crippen molar-refractivity contribution in [3.05, 3.63) is 71.8 Å². The molecule has 2 rings (SSSR count). The Labute approximate surface area is 208 Å². The first-order chi connectivity index (χ1) is 17.1. The van der Waals surface area contributed by atoms with Gasteiger partial charge in [0.1, 0.15) is 18.1 Å². The highest BCUT2D eigenvalue weighted by Gasteiger charge is 2.31. The van der Waals surface area contributed by atoms with E-state index < -0.39 is 60.2 Å². The molecular weight excluding hydrogens is 468 g/mol. The van der Waals surface area contributed by atoms with E-state index in [0.717, 1.165) is 5.56 Å². The molecule has 7 N–H and O–H groups in total. The SMILES string of the molecule is CC(NC(=O)C(CC(=O)O)NC(=O)C(Cc1ccccc1)NC(=O)C(N)Cc1ccccc1)C(=O)O. The maximum Gasteiger partial charge on any atom is 0.325 e. The molecule has 0 aromatic heterocycles. The molecule has 192 valence electrons. The van der Waals surface area contributed by atoms with Gasteiger partial charge in [-0.25, -0.2) is 0 Å². The number of carboxylic acids is 2. The summed E-state index contributed by atoms with van der Waals surface area (Å²) in [5.41, 5.74) is 7.58. The molecule has 36 heavy (non-hydrogen) atoms. The van der Waals surface area contributed by atoms with E-state index in [1.807, 2.05) is 30.3 Å². The van der Waals surface area contributed by atoms with Crippen LogP contribution in [0.1, 0.15) is 24.5 Å². The Balaban J connectivity index is 2.19. The highest BCUT2D eigenvalue weighted by atomic mass is 16.4. The summed E-state index contributed by atoms with van der Waals surface area (Å²) < 4.78 is 0. The lowest BCUT2D eigenvalue weighted by atomic mass is 10.0. The summed E-state index contributed by atoms with van der Waals surface area (Å²) in [6.45, 7) is 1.20.